The lowest BCUT2D eigenvalue weighted by Gasteiger charge is -2.35. The predicted molar refractivity (Wildman–Crippen MR) is 107 cm³/mol. The summed E-state index contributed by atoms with van der Waals surface area (Å²) in [5.74, 6) is 0.151. The smallest absolute Gasteiger partial charge is 0.238 e. The van der Waals surface area contributed by atoms with E-state index in [-0.39, 0.29) is 24.2 Å². The number of rotatable bonds is 6. The van der Waals surface area contributed by atoms with E-state index in [0.29, 0.717) is 24.2 Å². The zero-order chi connectivity index (χ0) is 19.9. The normalized spacial score (nSPS) is 23.9. The van der Waals surface area contributed by atoms with Crippen LogP contribution in [0.1, 0.15) is 32.6 Å². The van der Waals surface area contributed by atoms with Crippen molar-refractivity contribution >= 4 is 17.5 Å². The summed E-state index contributed by atoms with van der Waals surface area (Å²) in [6, 6.07) is 6.21. The third-order valence-electron chi connectivity index (χ3n) is 5.77. The van der Waals surface area contributed by atoms with Gasteiger partial charge in [-0.2, -0.15) is 0 Å². The number of halogens is 1. The summed E-state index contributed by atoms with van der Waals surface area (Å²) >= 11 is 0. The van der Waals surface area contributed by atoms with Crippen molar-refractivity contribution in [2.75, 3.05) is 44.6 Å². The van der Waals surface area contributed by atoms with E-state index in [1.54, 1.807) is 12.1 Å². The first kappa shape index (κ1) is 20.7. The fourth-order valence-electron chi connectivity index (χ4n) is 4.06. The lowest BCUT2D eigenvalue weighted by molar-refractivity contribution is -0.124. The quantitative estimate of drug-likeness (QED) is 0.781. The molecule has 0 spiro atoms. The van der Waals surface area contributed by atoms with Crippen LogP contribution in [-0.2, 0) is 9.59 Å². The minimum absolute atomic E-state index is 0.107. The summed E-state index contributed by atoms with van der Waals surface area (Å²) < 4.78 is 13.2. The van der Waals surface area contributed by atoms with E-state index in [1.807, 2.05) is 0 Å². The number of amides is 2. The van der Waals surface area contributed by atoms with Gasteiger partial charge in [-0.1, -0.05) is 25.8 Å². The highest BCUT2D eigenvalue weighted by Crippen LogP contribution is 2.23. The molecule has 154 valence electrons. The van der Waals surface area contributed by atoms with Crippen LogP contribution in [0, 0.1) is 11.7 Å². The maximum Gasteiger partial charge on any atom is 0.238 e. The van der Waals surface area contributed by atoms with Crippen LogP contribution >= 0.6 is 0 Å². The Kier molecular flexibility index (Phi) is 7.39. The molecule has 1 aromatic carbocycles. The van der Waals surface area contributed by atoms with Crippen molar-refractivity contribution in [2.45, 2.75) is 38.6 Å². The van der Waals surface area contributed by atoms with Crippen molar-refractivity contribution < 1.29 is 14.0 Å². The summed E-state index contributed by atoms with van der Waals surface area (Å²) in [7, 11) is 0. The Balaban J connectivity index is 1.36. The molecule has 2 amide bonds. The Morgan fingerprint density at radius 1 is 1.04 bits per heavy atom. The van der Waals surface area contributed by atoms with Gasteiger partial charge in [0.15, 0.2) is 0 Å². The van der Waals surface area contributed by atoms with Crippen molar-refractivity contribution in [1.82, 2.24) is 15.1 Å². The molecule has 0 aromatic heterocycles. The second kappa shape index (κ2) is 9.98. The van der Waals surface area contributed by atoms with E-state index >= 15 is 0 Å². The number of carbonyl (C=O) groups excluding carboxylic acids is 2. The summed E-state index contributed by atoms with van der Waals surface area (Å²) in [5.41, 5.74) is 0.470. The molecule has 2 N–H and O–H groups in total. The Bertz CT molecular complexity index is 676. The molecule has 0 unspecified atom stereocenters. The van der Waals surface area contributed by atoms with Gasteiger partial charge in [-0.25, -0.2) is 4.39 Å². The minimum Gasteiger partial charge on any atom is -0.352 e. The molecular formula is C21H31FN4O2. The van der Waals surface area contributed by atoms with Gasteiger partial charge in [0.1, 0.15) is 5.82 Å². The van der Waals surface area contributed by atoms with Crippen LogP contribution in [0.4, 0.5) is 10.1 Å². The van der Waals surface area contributed by atoms with Crippen LogP contribution in [0.15, 0.2) is 24.3 Å². The predicted octanol–water partition coefficient (Wildman–Crippen LogP) is 2.08. The summed E-state index contributed by atoms with van der Waals surface area (Å²) in [5, 5.41) is 5.93. The van der Waals surface area contributed by atoms with E-state index < -0.39 is 0 Å². The Labute approximate surface area is 166 Å². The second-order valence-electron chi connectivity index (χ2n) is 8.05. The van der Waals surface area contributed by atoms with E-state index in [9.17, 15) is 14.0 Å². The van der Waals surface area contributed by atoms with Gasteiger partial charge in [0.25, 0.3) is 0 Å². The monoisotopic (exact) mass is 390 g/mol. The molecule has 1 aliphatic heterocycles. The van der Waals surface area contributed by atoms with Gasteiger partial charge in [-0.05, 0) is 37.0 Å². The maximum absolute atomic E-state index is 13.2. The highest BCUT2D eigenvalue weighted by Gasteiger charge is 2.25. The minimum atomic E-state index is -0.368. The first-order valence-electron chi connectivity index (χ1n) is 10.3. The molecular weight excluding hydrogens is 359 g/mol. The molecule has 1 heterocycles. The number of carbonyl (C=O) groups is 2. The van der Waals surface area contributed by atoms with Crippen LogP contribution in [0.5, 0.6) is 0 Å². The summed E-state index contributed by atoms with van der Waals surface area (Å²) in [6.45, 7) is 5.93. The molecule has 2 aliphatic rings. The molecule has 1 aliphatic carbocycles. The molecule has 0 bridgehead atoms. The van der Waals surface area contributed by atoms with Crippen LogP contribution in [-0.4, -0.2) is 66.9 Å². The van der Waals surface area contributed by atoms with Crippen molar-refractivity contribution in [3.63, 3.8) is 0 Å². The highest BCUT2D eigenvalue weighted by atomic mass is 19.1. The van der Waals surface area contributed by atoms with Crippen LogP contribution < -0.4 is 10.6 Å². The number of nitrogens with one attached hydrogen (secondary N) is 2. The van der Waals surface area contributed by atoms with Gasteiger partial charge in [0.2, 0.25) is 11.8 Å². The van der Waals surface area contributed by atoms with Crippen LogP contribution in [0.3, 0.4) is 0 Å². The first-order chi connectivity index (χ1) is 13.5. The number of nitrogens with zero attached hydrogens (tertiary/aromatic N) is 2. The van der Waals surface area contributed by atoms with Crippen LogP contribution in [0.2, 0.25) is 0 Å². The first-order valence-corrected chi connectivity index (χ1v) is 10.3. The molecule has 28 heavy (non-hydrogen) atoms. The average molecular weight is 391 g/mol. The van der Waals surface area contributed by atoms with Gasteiger partial charge >= 0.3 is 0 Å². The largest absolute Gasteiger partial charge is 0.352 e. The molecule has 3 rings (SSSR count). The zero-order valence-corrected chi connectivity index (χ0v) is 16.6. The standard InChI is InChI=1S/C21H31FN4O2/c1-16-5-2-3-8-19(16)24-21(28)15-26-11-9-25(10-12-26)14-20(27)23-18-7-4-6-17(22)13-18/h4,6-7,13,16,19H,2-3,5,8-12,14-15H2,1H3,(H,23,27)(H,24,28)/t16-,19-/m1/s1. The van der Waals surface area contributed by atoms with E-state index in [4.69, 9.17) is 0 Å². The third-order valence-corrected chi connectivity index (χ3v) is 5.77. The average Bonchev–Trinajstić information content (AvgIpc) is 2.65. The van der Waals surface area contributed by atoms with Gasteiger partial charge in [-0.15, -0.1) is 0 Å². The highest BCUT2D eigenvalue weighted by molar-refractivity contribution is 5.92. The lowest BCUT2D eigenvalue weighted by atomic mass is 9.86. The molecule has 1 aromatic rings. The fraction of sp³-hybridized carbons (Fsp3) is 0.619. The molecule has 2 atom stereocenters. The third kappa shape index (κ3) is 6.27. The van der Waals surface area contributed by atoms with Gasteiger partial charge in [-0.3, -0.25) is 19.4 Å². The number of anilines is 1. The fourth-order valence-corrected chi connectivity index (χ4v) is 4.06. The van der Waals surface area contributed by atoms with Crippen molar-refractivity contribution in [1.29, 1.82) is 0 Å². The van der Waals surface area contributed by atoms with Crippen molar-refractivity contribution in [2.24, 2.45) is 5.92 Å². The lowest BCUT2D eigenvalue weighted by Crippen LogP contribution is -2.52. The SMILES string of the molecule is C[C@@H]1CCCC[C@H]1NC(=O)CN1CCN(CC(=O)Nc2cccc(F)c2)CC1. The molecule has 1 saturated heterocycles. The van der Waals surface area contributed by atoms with E-state index in [0.717, 1.165) is 32.6 Å². The van der Waals surface area contributed by atoms with Gasteiger partial charge < -0.3 is 10.6 Å². The topological polar surface area (TPSA) is 64.7 Å². The van der Waals surface area contributed by atoms with E-state index in [2.05, 4.69) is 27.4 Å². The zero-order valence-electron chi connectivity index (χ0n) is 16.6. The van der Waals surface area contributed by atoms with Gasteiger partial charge in [0.05, 0.1) is 13.1 Å². The second-order valence-corrected chi connectivity index (χ2v) is 8.05. The van der Waals surface area contributed by atoms with Crippen LogP contribution in [0.25, 0.3) is 0 Å². The summed E-state index contributed by atoms with van der Waals surface area (Å²) in [4.78, 5) is 28.7. The number of piperazine rings is 1. The molecule has 6 nitrogen and oxygen atoms in total. The molecule has 1 saturated carbocycles. The molecule has 7 heteroatoms. The number of hydrogen-bond donors (Lipinski definition) is 2. The molecule has 0 radical (unpaired) electrons. The van der Waals surface area contributed by atoms with Crippen molar-refractivity contribution in [3.8, 4) is 0 Å². The Morgan fingerprint density at radius 2 is 1.68 bits per heavy atom. The summed E-state index contributed by atoms with van der Waals surface area (Å²) in [6.07, 6.45) is 4.75. The number of hydrogen-bond acceptors (Lipinski definition) is 4. The van der Waals surface area contributed by atoms with Gasteiger partial charge in [0, 0.05) is 37.9 Å². The number of benzene rings is 1. The molecule has 2 fully saturated rings. The van der Waals surface area contributed by atoms with Crippen molar-refractivity contribution in [3.05, 3.63) is 30.1 Å². The Morgan fingerprint density at radius 3 is 2.32 bits per heavy atom. The van der Waals surface area contributed by atoms with E-state index in [1.165, 1.54) is 31.4 Å². The Hall–Kier alpha value is -1.99. The maximum atomic E-state index is 13.2.